The maximum Gasteiger partial charge on any atom is 0.108 e. The second kappa shape index (κ2) is 4.30. The van der Waals surface area contributed by atoms with Crippen LogP contribution in [0.5, 0.6) is 0 Å². The van der Waals surface area contributed by atoms with Crippen molar-refractivity contribution in [3.63, 3.8) is 0 Å². The zero-order chi connectivity index (χ0) is 6.41. The van der Waals surface area contributed by atoms with Gasteiger partial charge in [0.1, 0.15) is 6.67 Å². The molecular weight excluding hydrogens is 102 g/mol. The molecule has 0 saturated heterocycles. The topological polar surface area (TPSA) is 48.2 Å². The molecule has 0 aliphatic rings. The second-order valence-electron chi connectivity index (χ2n) is 1.61. The minimum atomic E-state index is 0.520. The normalized spacial score (nSPS) is 7.75. The van der Waals surface area contributed by atoms with E-state index in [-0.39, 0.29) is 0 Å². The van der Waals surface area contributed by atoms with Gasteiger partial charge in [-0.3, -0.25) is 10.4 Å². The Hall–Kier alpha value is -0.860. The van der Waals surface area contributed by atoms with E-state index in [4.69, 9.17) is 5.41 Å². The zero-order valence-electron chi connectivity index (χ0n) is 5.23. The second-order valence-corrected chi connectivity index (χ2v) is 1.61. The van der Waals surface area contributed by atoms with Crippen LogP contribution in [-0.4, -0.2) is 18.7 Å². The van der Waals surface area contributed by atoms with Gasteiger partial charge in [-0.1, -0.05) is 0 Å². The maximum atomic E-state index is 6.54. The predicted octanol–water partition coefficient (Wildman–Crippen LogP) is 0.621. The summed E-state index contributed by atoms with van der Waals surface area (Å²) < 4.78 is 0. The molecule has 0 unspecified atom stereocenters. The van der Waals surface area contributed by atoms with Gasteiger partial charge in [-0.25, -0.2) is 0 Å². The third kappa shape index (κ3) is 5.14. The molecule has 0 aromatic rings. The van der Waals surface area contributed by atoms with Crippen molar-refractivity contribution in [1.29, 1.82) is 5.41 Å². The number of hydrogen-bond donors (Lipinski definition) is 2. The molecule has 0 bridgehead atoms. The SMILES string of the molecule is CC(C)=NCNC=N. The zero-order valence-corrected chi connectivity index (χ0v) is 5.23. The molecule has 46 valence electrons. The van der Waals surface area contributed by atoms with Crippen molar-refractivity contribution in [2.24, 2.45) is 4.99 Å². The van der Waals surface area contributed by atoms with E-state index in [0.717, 1.165) is 12.1 Å². The van der Waals surface area contributed by atoms with E-state index < -0.39 is 0 Å². The molecule has 0 aromatic carbocycles. The van der Waals surface area contributed by atoms with Gasteiger partial charge in [-0.2, -0.15) is 0 Å². The molecule has 0 spiro atoms. The summed E-state index contributed by atoms with van der Waals surface area (Å²) in [5, 5.41) is 9.18. The van der Waals surface area contributed by atoms with Crippen LogP contribution in [0.3, 0.4) is 0 Å². The van der Waals surface area contributed by atoms with Crippen LogP contribution in [0.25, 0.3) is 0 Å². The van der Waals surface area contributed by atoms with E-state index >= 15 is 0 Å². The van der Waals surface area contributed by atoms with Crippen LogP contribution < -0.4 is 5.32 Å². The first kappa shape index (κ1) is 7.14. The van der Waals surface area contributed by atoms with Crippen molar-refractivity contribution >= 4 is 12.1 Å². The summed E-state index contributed by atoms with van der Waals surface area (Å²) in [5.41, 5.74) is 1.03. The molecule has 0 fully saturated rings. The lowest BCUT2D eigenvalue weighted by Gasteiger charge is -1.90. The van der Waals surface area contributed by atoms with Gasteiger partial charge in [-0.05, 0) is 13.8 Å². The summed E-state index contributed by atoms with van der Waals surface area (Å²) in [7, 11) is 0. The van der Waals surface area contributed by atoms with Crippen molar-refractivity contribution in [3.8, 4) is 0 Å². The summed E-state index contributed by atoms with van der Waals surface area (Å²) in [4.78, 5) is 3.97. The molecule has 0 atom stereocenters. The maximum absolute atomic E-state index is 6.54. The Balaban J connectivity index is 3.15. The van der Waals surface area contributed by atoms with Gasteiger partial charge in [0.15, 0.2) is 0 Å². The highest BCUT2D eigenvalue weighted by Gasteiger charge is 1.73. The first-order chi connectivity index (χ1) is 3.77. The van der Waals surface area contributed by atoms with Crippen LogP contribution in [0.15, 0.2) is 4.99 Å². The van der Waals surface area contributed by atoms with Gasteiger partial charge < -0.3 is 5.32 Å². The first-order valence-electron chi connectivity index (χ1n) is 2.47. The largest absolute Gasteiger partial charge is 0.358 e. The summed E-state index contributed by atoms with van der Waals surface area (Å²) in [6, 6.07) is 0. The monoisotopic (exact) mass is 113 g/mol. The quantitative estimate of drug-likeness (QED) is 0.314. The lowest BCUT2D eigenvalue weighted by atomic mass is 10.5. The van der Waals surface area contributed by atoms with Crippen LogP contribution >= 0.6 is 0 Å². The Morgan fingerprint density at radius 2 is 2.38 bits per heavy atom. The van der Waals surface area contributed by atoms with Gasteiger partial charge in [0.2, 0.25) is 0 Å². The van der Waals surface area contributed by atoms with Crippen LogP contribution in [-0.2, 0) is 0 Å². The summed E-state index contributed by atoms with van der Waals surface area (Å²) in [6.07, 6.45) is 1.13. The van der Waals surface area contributed by atoms with E-state index in [0.29, 0.717) is 6.67 Å². The Labute approximate surface area is 49.3 Å². The Kier molecular flexibility index (Phi) is 3.84. The minimum Gasteiger partial charge on any atom is -0.358 e. The Bertz CT molecular complexity index is 91.8. The van der Waals surface area contributed by atoms with Crippen LogP contribution in [0.2, 0.25) is 0 Å². The van der Waals surface area contributed by atoms with E-state index in [1.165, 1.54) is 0 Å². The smallest absolute Gasteiger partial charge is 0.108 e. The fraction of sp³-hybridized carbons (Fsp3) is 0.600. The number of nitrogens with one attached hydrogen (secondary N) is 2. The fourth-order valence-electron chi connectivity index (χ4n) is 0.249. The molecule has 0 aromatic heterocycles. The highest BCUT2D eigenvalue weighted by atomic mass is 15.0. The molecule has 0 heterocycles. The molecule has 2 N–H and O–H groups in total. The van der Waals surface area contributed by atoms with Crippen molar-refractivity contribution in [3.05, 3.63) is 0 Å². The van der Waals surface area contributed by atoms with Crippen LogP contribution in [0.1, 0.15) is 13.8 Å². The van der Waals surface area contributed by atoms with E-state index in [1.54, 1.807) is 0 Å². The molecule has 0 aliphatic carbocycles. The van der Waals surface area contributed by atoms with Gasteiger partial charge in [0.05, 0.1) is 6.34 Å². The van der Waals surface area contributed by atoms with E-state index in [1.807, 2.05) is 13.8 Å². The average Bonchev–Trinajstić information content (AvgIpc) is 1.66. The number of rotatable bonds is 3. The number of aliphatic imine (C=N–C) groups is 1. The third-order valence-corrected chi connectivity index (χ3v) is 0.589. The summed E-state index contributed by atoms with van der Waals surface area (Å²) >= 11 is 0. The van der Waals surface area contributed by atoms with Gasteiger partial charge >= 0.3 is 0 Å². The predicted molar refractivity (Wildman–Crippen MR) is 35.6 cm³/mol. The van der Waals surface area contributed by atoms with E-state index in [2.05, 4.69) is 10.3 Å². The standard InChI is InChI=1S/C5H11N3/c1-5(2)8-4-7-3-6/h3H,4H2,1-2H3,(H2,6,7). The summed E-state index contributed by atoms with van der Waals surface area (Å²) in [6.45, 7) is 4.36. The van der Waals surface area contributed by atoms with Crippen molar-refractivity contribution in [2.75, 3.05) is 6.67 Å². The Morgan fingerprint density at radius 3 is 2.75 bits per heavy atom. The molecule has 3 nitrogen and oxygen atoms in total. The van der Waals surface area contributed by atoms with Crippen LogP contribution in [0.4, 0.5) is 0 Å². The molecule has 0 rings (SSSR count). The minimum absolute atomic E-state index is 0.520. The fourth-order valence-corrected chi connectivity index (χ4v) is 0.249. The molecule has 0 saturated carbocycles. The van der Waals surface area contributed by atoms with Gasteiger partial charge in [0.25, 0.3) is 0 Å². The molecule has 0 amide bonds. The Morgan fingerprint density at radius 1 is 1.75 bits per heavy atom. The molecular formula is C5H11N3. The molecule has 3 heteroatoms. The molecule has 0 radical (unpaired) electrons. The van der Waals surface area contributed by atoms with E-state index in [9.17, 15) is 0 Å². The van der Waals surface area contributed by atoms with Crippen molar-refractivity contribution in [1.82, 2.24) is 5.32 Å². The number of hydrogen-bond acceptors (Lipinski definition) is 2. The molecule has 8 heavy (non-hydrogen) atoms. The lowest BCUT2D eigenvalue weighted by Crippen LogP contribution is -2.10. The lowest BCUT2D eigenvalue weighted by molar-refractivity contribution is 0.937. The first-order valence-corrected chi connectivity index (χ1v) is 2.47. The van der Waals surface area contributed by atoms with Crippen molar-refractivity contribution < 1.29 is 0 Å². The average molecular weight is 113 g/mol. The van der Waals surface area contributed by atoms with Crippen molar-refractivity contribution in [2.45, 2.75) is 13.8 Å². The van der Waals surface area contributed by atoms with Gasteiger partial charge in [0, 0.05) is 5.71 Å². The molecule has 0 aliphatic heterocycles. The highest BCUT2D eigenvalue weighted by molar-refractivity contribution is 5.79. The number of nitrogens with zero attached hydrogens (tertiary/aromatic N) is 1. The van der Waals surface area contributed by atoms with Gasteiger partial charge in [-0.15, -0.1) is 0 Å². The summed E-state index contributed by atoms with van der Waals surface area (Å²) in [5.74, 6) is 0. The highest BCUT2D eigenvalue weighted by Crippen LogP contribution is 1.69. The van der Waals surface area contributed by atoms with Crippen LogP contribution in [0, 0.1) is 5.41 Å². The third-order valence-electron chi connectivity index (χ3n) is 0.589.